The Morgan fingerprint density at radius 3 is 2.86 bits per heavy atom. The van der Waals surface area contributed by atoms with Crippen molar-refractivity contribution in [3.63, 3.8) is 0 Å². The average Bonchev–Trinajstić information content (AvgIpc) is 3.21. The molecule has 0 saturated carbocycles. The number of nitrogens with zero attached hydrogens (tertiary/aromatic N) is 3. The summed E-state index contributed by atoms with van der Waals surface area (Å²) < 4.78 is 11.0. The zero-order valence-corrected chi connectivity index (χ0v) is 16.7. The molecule has 0 radical (unpaired) electrons. The summed E-state index contributed by atoms with van der Waals surface area (Å²) >= 11 is 1.65. The summed E-state index contributed by atoms with van der Waals surface area (Å²) in [6.07, 6.45) is 3.78. The highest BCUT2D eigenvalue weighted by molar-refractivity contribution is 7.09. The maximum absolute atomic E-state index is 5.85. The lowest BCUT2D eigenvalue weighted by Gasteiger charge is -2.35. The van der Waals surface area contributed by atoms with Gasteiger partial charge in [-0.1, -0.05) is 6.07 Å². The number of thiazole rings is 1. The second kappa shape index (κ2) is 9.14. The van der Waals surface area contributed by atoms with Crippen molar-refractivity contribution in [1.82, 2.24) is 20.2 Å². The smallest absolute Gasteiger partial charge is 0.140 e. The molecule has 1 saturated heterocycles. The molecule has 0 amide bonds. The van der Waals surface area contributed by atoms with Crippen LogP contribution in [0, 0.1) is 0 Å². The minimum atomic E-state index is 0.322. The highest BCUT2D eigenvalue weighted by atomic mass is 32.1. The number of ether oxygens (including phenoxy) is 2. The Hall–Kier alpha value is -2.48. The van der Waals surface area contributed by atoms with Crippen LogP contribution in [0.4, 0.5) is 0 Å². The Morgan fingerprint density at radius 2 is 2.07 bits per heavy atom. The summed E-state index contributed by atoms with van der Waals surface area (Å²) in [5, 5.41) is 6.60. The summed E-state index contributed by atoms with van der Waals surface area (Å²) in [5.41, 5.74) is 2.34. The monoisotopic (exact) mass is 396 g/mol. The van der Waals surface area contributed by atoms with Crippen LogP contribution in [-0.2, 0) is 13.2 Å². The van der Waals surface area contributed by atoms with Gasteiger partial charge >= 0.3 is 0 Å². The predicted molar refractivity (Wildman–Crippen MR) is 110 cm³/mol. The Bertz CT molecular complexity index is 870. The summed E-state index contributed by atoms with van der Waals surface area (Å²) in [6, 6.07) is 12.1. The number of hydrogen-bond acceptors (Lipinski definition) is 7. The van der Waals surface area contributed by atoms with Gasteiger partial charge in [0.15, 0.2) is 0 Å². The van der Waals surface area contributed by atoms with Crippen molar-refractivity contribution in [3.05, 3.63) is 70.4 Å². The topological polar surface area (TPSA) is 59.5 Å². The first-order chi connectivity index (χ1) is 13.8. The van der Waals surface area contributed by atoms with E-state index in [2.05, 4.69) is 26.6 Å². The molecule has 4 rings (SSSR count). The third-order valence-electron chi connectivity index (χ3n) is 4.81. The number of methoxy groups -OCH3 is 1. The standard InChI is InChI=1S/C21H24N4O2S/c1-26-18-4-6-19(7-5-18)27-14-21-24-17(15-28-21)13-25-10-9-23-12-20(25)16-3-2-8-22-11-16/h2-8,11,15,20,23H,9-10,12-14H2,1H3. The quantitative estimate of drug-likeness (QED) is 0.661. The van der Waals surface area contributed by atoms with E-state index in [4.69, 9.17) is 14.5 Å². The minimum Gasteiger partial charge on any atom is -0.497 e. The summed E-state index contributed by atoms with van der Waals surface area (Å²) in [6.45, 7) is 4.23. The molecule has 3 heterocycles. The highest BCUT2D eigenvalue weighted by Gasteiger charge is 2.24. The lowest BCUT2D eigenvalue weighted by Crippen LogP contribution is -2.45. The van der Waals surface area contributed by atoms with E-state index < -0.39 is 0 Å². The fraction of sp³-hybridized carbons (Fsp3) is 0.333. The number of hydrogen-bond donors (Lipinski definition) is 1. The molecule has 2 aromatic heterocycles. The molecule has 1 aromatic carbocycles. The van der Waals surface area contributed by atoms with E-state index in [-0.39, 0.29) is 0 Å². The van der Waals surface area contributed by atoms with Crippen LogP contribution < -0.4 is 14.8 Å². The van der Waals surface area contributed by atoms with Crippen molar-refractivity contribution in [2.24, 2.45) is 0 Å². The molecule has 1 unspecified atom stereocenters. The molecule has 28 heavy (non-hydrogen) atoms. The van der Waals surface area contributed by atoms with Gasteiger partial charge in [-0.3, -0.25) is 9.88 Å². The van der Waals surface area contributed by atoms with Crippen LogP contribution in [0.1, 0.15) is 22.3 Å². The third kappa shape index (κ3) is 4.67. The maximum Gasteiger partial charge on any atom is 0.140 e. The molecule has 0 aliphatic carbocycles. The van der Waals surface area contributed by atoms with Crippen LogP contribution in [0.2, 0.25) is 0 Å². The van der Waals surface area contributed by atoms with Crippen molar-refractivity contribution in [2.75, 3.05) is 26.7 Å². The van der Waals surface area contributed by atoms with E-state index in [9.17, 15) is 0 Å². The van der Waals surface area contributed by atoms with Gasteiger partial charge in [-0.05, 0) is 35.9 Å². The fourth-order valence-corrected chi connectivity index (χ4v) is 4.05. The van der Waals surface area contributed by atoms with Crippen molar-refractivity contribution in [1.29, 1.82) is 0 Å². The van der Waals surface area contributed by atoms with Crippen LogP contribution in [0.25, 0.3) is 0 Å². The number of aromatic nitrogens is 2. The van der Waals surface area contributed by atoms with Gasteiger partial charge in [-0.2, -0.15) is 0 Å². The number of benzene rings is 1. The van der Waals surface area contributed by atoms with Crippen LogP contribution in [0.15, 0.2) is 54.2 Å². The third-order valence-corrected chi connectivity index (χ3v) is 5.68. The molecule has 6 nitrogen and oxygen atoms in total. The molecule has 1 N–H and O–H groups in total. The number of nitrogens with one attached hydrogen (secondary N) is 1. The molecular weight excluding hydrogens is 372 g/mol. The fourth-order valence-electron chi connectivity index (χ4n) is 3.35. The van der Waals surface area contributed by atoms with Gasteiger partial charge in [0.25, 0.3) is 0 Å². The number of piperazine rings is 1. The average molecular weight is 397 g/mol. The molecule has 0 spiro atoms. The van der Waals surface area contributed by atoms with Crippen molar-refractivity contribution < 1.29 is 9.47 Å². The summed E-state index contributed by atoms with van der Waals surface area (Å²) in [4.78, 5) is 11.5. The largest absolute Gasteiger partial charge is 0.497 e. The second-order valence-corrected chi connectivity index (χ2v) is 7.62. The van der Waals surface area contributed by atoms with Crippen LogP contribution >= 0.6 is 11.3 Å². The van der Waals surface area contributed by atoms with Crippen molar-refractivity contribution in [2.45, 2.75) is 19.2 Å². The van der Waals surface area contributed by atoms with E-state index in [1.54, 1.807) is 18.4 Å². The SMILES string of the molecule is COc1ccc(OCc2nc(CN3CCNCC3c3cccnc3)cs2)cc1. The predicted octanol–water partition coefficient (Wildman–Crippen LogP) is 3.27. The molecule has 7 heteroatoms. The van der Waals surface area contributed by atoms with Gasteiger partial charge in [0, 0.05) is 50.0 Å². The number of pyridine rings is 1. The van der Waals surface area contributed by atoms with Gasteiger partial charge in [0.2, 0.25) is 0 Å². The van der Waals surface area contributed by atoms with E-state index in [1.807, 2.05) is 42.7 Å². The van der Waals surface area contributed by atoms with Gasteiger partial charge in [0.05, 0.1) is 12.8 Å². The second-order valence-electron chi connectivity index (χ2n) is 6.67. The van der Waals surface area contributed by atoms with Gasteiger partial charge in [0.1, 0.15) is 23.1 Å². The molecule has 1 aliphatic heterocycles. The van der Waals surface area contributed by atoms with E-state index in [1.165, 1.54) is 5.56 Å². The van der Waals surface area contributed by atoms with Gasteiger partial charge < -0.3 is 14.8 Å². The molecule has 3 aromatic rings. The van der Waals surface area contributed by atoms with E-state index >= 15 is 0 Å². The molecule has 1 atom stereocenters. The Kier molecular flexibility index (Phi) is 6.16. The normalized spacial score (nSPS) is 17.4. The lowest BCUT2D eigenvalue weighted by atomic mass is 10.1. The van der Waals surface area contributed by atoms with Crippen LogP contribution in [-0.4, -0.2) is 41.6 Å². The molecule has 1 fully saturated rings. The first-order valence-corrected chi connectivity index (χ1v) is 10.2. The first-order valence-electron chi connectivity index (χ1n) is 9.36. The maximum atomic E-state index is 5.85. The first kappa shape index (κ1) is 18.9. The van der Waals surface area contributed by atoms with E-state index in [0.29, 0.717) is 12.6 Å². The van der Waals surface area contributed by atoms with Crippen molar-refractivity contribution in [3.8, 4) is 11.5 Å². The van der Waals surface area contributed by atoms with Gasteiger partial charge in [-0.25, -0.2) is 4.98 Å². The molecular formula is C21H24N4O2S. The summed E-state index contributed by atoms with van der Waals surface area (Å²) in [5.74, 6) is 1.64. The highest BCUT2D eigenvalue weighted by Crippen LogP contribution is 2.24. The number of rotatable bonds is 7. The lowest BCUT2D eigenvalue weighted by molar-refractivity contribution is 0.152. The van der Waals surface area contributed by atoms with Crippen LogP contribution in [0.5, 0.6) is 11.5 Å². The molecule has 0 bridgehead atoms. The molecule has 1 aliphatic rings. The zero-order valence-electron chi connectivity index (χ0n) is 15.9. The van der Waals surface area contributed by atoms with E-state index in [0.717, 1.165) is 48.4 Å². The minimum absolute atomic E-state index is 0.322. The Morgan fingerprint density at radius 1 is 1.21 bits per heavy atom. The van der Waals surface area contributed by atoms with Gasteiger partial charge in [-0.15, -0.1) is 11.3 Å². The van der Waals surface area contributed by atoms with Crippen molar-refractivity contribution >= 4 is 11.3 Å². The summed E-state index contributed by atoms with van der Waals surface area (Å²) in [7, 11) is 1.66. The Labute approximate surface area is 169 Å². The zero-order chi connectivity index (χ0) is 19.2. The molecule has 146 valence electrons. The Balaban J connectivity index is 1.36. The van der Waals surface area contributed by atoms with Crippen LogP contribution in [0.3, 0.4) is 0 Å².